The van der Waals surface area contributed by atoms with Crippen LogP contribution in [0.15, 0.2) is 176 Å². The van der Waals surface area contributed by atoms with E-state index in [2.05, 4.69) is 162 Å². The summed E-state index contributed by atoms with van der Waals surface area (Å²) in [5, 5.41) is 5.53. The first kappa shape index (κ1) is 29.5. The normalized spacial score (nSPS) is 17.9. The van der Waals surface area contributed by atoms with Gasteiger partial charge in [0.15, 0.2) is 0 Å². The lowest BCUT2D eigenvalue weighted by Gasteiger charge is -2.30. The molecular formula is C50H36N2. The van der Waals surface area contributed by atoms with E-state index in [-0.39, 0.29) is 0 Å². The first-order valence-electron chi connectivity index (χ1n) is 18.6. The summed E-state index contributed by atoms with van der Waals surface area (Å²) in [7, 11) is 0. The molecule has 0 N–H and O–H groups in total. The monoisotopic (exact) mass is 664 g/mol. The molecule has 2 nitrogen and oxygen atoms in total. The number of allylic oxidation sites excluding steroid dienone is 12. The Morgan fingerprint density at radius 2 is 1.29 bits per heavy atom. The van der Waals surface area contributed by atoms with Crippen LogP contribution < -0.4 is 4.90 Å². The van der Waals surface area contributed by atoms with Gasteiger partial charge >= 0.3 is 0 Å². The van der Waals surface area contributed by atoms with Gasteiger partial charge in [0, 0.05) is 35.4 Å². The molecule has 5 aliphatic rings. The highest BCUT2D eigenvalue weighted by Gasteiger charge is 2.27. The lowest BCUT2D eigenvalue weighted by atomic mass is 9.86. The smallest absolute Gasteiger partial charge is 0.0491 e. The van der Waals surface area contributed by atoms with E-state index in [1.807, 2.05) is 12.4 Å². The van der Waals surface area contributed by atoms with Crippen molar-refractivity contribution < 1.29 is 0 Å². The Kier molecular flexibility index (Phi) is 6.60. The molecular weight excluding hydrogens is 629 g/mol. The SMILES string of the molecule is C1=CC2=C(CC1)c1cccc3c(C4=CCC=C(N(C5=CCC(c6ccc7c8c(cccc68)-c6ccccc6-7)C=C5)c5ccncc5)C=C4)ccc2c13. The van der Waals surface area contributed by atoms with Crippen molar-refractivity contribution in [3.8, 4) is 22.3 Å². The molecule has 246 valence electrons. The van der Waals surface area contributed by atoms with Crippen LogP contribution in [0.3, 0.4) is 0 Å². The zero-order valence-corrected chi connectivity index (χ0v) is 28.9. The van der Waals surface area contributed by atoms with Gasteiger partial charge in [-0.25, -0.2) is 0 Å². The molecule has 2 heteroatoms. The Morgan fingerprint density at radius 1 is 0.558 bits per heavy atom. The molecule has 52 heavy (non-hydrogen) atoms. The number of pyridine rings is 1. The van der Waals surface area contributed by atoms with E-state index in [9.17, 15) is 0 Å². The maximum atomic E-state index is 4.36. The van der Waals surface area contributed by atoms with E-state index in [1.54, 1.807) is 0 Å². The molecule has 0 radical (unpaired) electrons. The van der Waals surface area contributed by atoms with Crippen LogP contribution in [0.5, 0.6) is 0 Å². The average molecular weight is 665 g/mol. The largest absolute Gasteiger partial charge is 0.311 e. The first-order valence-corrected chi connectivity index (χ1v) is 18.6. The van der Waals surface area contributed by atoms with Gasteiger partial charge < -0.3 is 4.90 Å². The van der Waals surface area contributed by atoms with Crippen LogP contribution in [0.2, 0.25) is 0 Å². The summed E-state index contributed by atoms with van der Waals surface area (Å²) in [5.41, 5.74) is 18.6. The summed E-state index contributed by atoms with van der Waals surface area (Å²) in [4.78, 5) is 6.75. The van der Waals surface area contributed by atoms with E-state index in [1.165, 1.54) is 94.2 Å². The molecule has 0 spiro atoms. The van der Waals surface area contributed by atoms with E-state index < -0.39 is 0 Å². The minimum Gasteiger partial charge on any atom is -0.311 e. The molecule has 0 aliphatic heterocycles. The van der Waals surface area contributed by atoms with Gasteiger partial charge in [0.2, 0.25) is 0 Å². The van der Waals surface area contributed by atoms with Crippen molar-refractivity contribution in [2.75, 3.05) is 4.90 Å². The van der Waals surface area contributed by atoms with Gasteiger partial charge in [-0.1, -0.05) is 127 Å². The number of anilines is 1. The topological polar surface area (TPSA) is 16.1 Å². The average Bonchev–Trinajstić information content (AvgIpc) is 3.59. The molecule has 1 aromatic heterocycles. The number of aromatic nitrogens is 1. The molecule has 0 fully saturated rings. The second kappa shape index (κ2) is 11.6. The molecule has 1 unspecified atom stereocenters. The lowest BCUT2D eigenvalue weighted by molar-refractivity contribution is 0.845. The van der Waals surface area contributed by atoms with Crippen molar-refractivity contribution in [3.63, 3.8) is 0 Å². The maximum Gasteiger partial charge on any atom is 0.0491 e. The van der Waals surface area contributed by atoms with E-state index in [0.717, 1.165) is 31.4 Å². The fourth-order valence-electron chi connectivity index (χ4n) is 9.41. The third kappa shape index (κ3) is 4.40. The Balaban J connectivity index is 0.919. The van der Waals surface area contributed by atoms with Gasteiger partial charge in [0.1, 0.15) is 0 Å². The van der Waals surface area contributed by atoms with Gasteiger partial charge in [-0.15, -0.1) is 0 Å². The summed E-state index contributed by atoms with van der Waals surface area (Å²) < 4.78 is 0. The van der Waals surface area contributed by atoms with Crippen molar-refractivity contribution in [2.24, 2.45) is 0 Å². The predicted octanol–water partition coefficient (Wildman–Crippen LogP) is 13.0. The second-order valence-electron chi connectivity index (χ2n) is 14.4. The van der Waals surface area contributed by atoms with Crippen LogP contribution >= 0.6 is 0 Å². The number of fused-ring (bicyclic) bond motifs is 5. The van der Waals surface area contributed by atoms with E-state index in [4.69, 9.17) is 0 Å². The third-order valence-corrected chi connectivity index (χ3v) is 11.7. The number of benzene rings is 5. The van der Waals surface area contributed by atoms with Crippen LogP contribution in [0, 0.1) is 0 Å². The van der Waals surface area contributed by atoms with Gasteiger partial charge in [0.25, 0.3) is 0 Å². The number of hydrogen-bond donors (Lipinski definition) is 0. The highest BCUT2D eigenvalue weighted by atomic mass is 15.2. The molecule has 1 heterocycles. The Labute approximate surface area is 304 Å². The van der Waals surface area contributed by atoms with Crippen LogP contribution in [0.1, 0.15) is 53.9 Å². The van der Waals surface area contributed by atoms with Gasteiger partial charge in [0.05, 0.1) is 0 Å². The molecule has 0 bridgehead atoms. The highest BCUT2D eigenvalue weighted by Crippen LogP contribution is 2.50. The fraction of sp³-hybridized carbons (Fsp3) is 0.100. The van der Waals surface area contributed by atoms with E-state index >= 15 is 0 Å². The number of rotatable bonds is 5. The standard InChI is InChI=1S/C50H36N2/c1-3-12-41-39(10-1)45-16-6-14-43-37(24-26-47(41)49(43)45)32-8-5-9-34(21-18-32)52(36-28-30-51-31-29-36)35-22-19-33(20-23-35)38-25-27-48-42-13-4-2-11-40(42)46-17-7-15-44(38)50(46)48/h2-4,6-9,11-19,21-31,33H,1,5,10,20H2. The summed E-state index contributed by atoms with van der Waals surface area (Å²) >= 11 is 0. The van der Waals surface area contributed by atoms with Crippen molar-refractivity contribution in [1.82, 2.24) is 4.98 Å². The predicted molar refractivity (Wildman–Crippen MR) is 219 cm³/mol. The van der Waals surface area contributed by atoms with Crippen molar-refractivity contribution >= 4 is 44.0 Å². The molecule has 6 aromatic rings. The number of nitrogens with zero attached hydrogens (tertiary/aromatic N) is 2. The first-order chi connectivity index (χ1) is 25.8. The molecule has 5 aromatic carbocycles. The molecule has 0 amide bonds. The minimum atomic E-state index is 0.308. The third-order valence-electron chi connectivity index (χ3n) is 11.7. The Morgan fingerprint density at radius 3 is 2.13 bits per heavy atom. The molecule has 11 rings (SSSR count). The number of hydrogen-bond acceptors (Lipinski definition) is 2. The van der Waals surface area contributed by atoms with Gasteiger partial charge in [-0.2, -0.15) is 0 Å². The van der Waals surface area contributed by atoms with Gasteiger partial charge in [-0.3, -0.25) is 4.98 Å². The second-order valence-corrected chi connectivity index (χ2v) is 14.4. The fourth-order valence-corrected chi connectivity index (χ4v) is 9.41. The summed E-state index contributed by atoms with van der Waals surface area (Å²) in [6, 6.07) is 36.2. The zero-order chi connectivity index (χ0) is 34.2. The molecule has 5 aliphatic carbocycles. The summed E-state index contributed by atoms with van der Waals surface area (Å²) in [5.74, 6) is 0.308. The Bertz CT molecular complexity index is 2700. The van der Waals surface area contributed by atoms with Crippen LogP contribution in [-0.2, 0) is 0 Å². The quantitative estimate of drug-likeness (QED) is 0.182. The van der Waals surface area contributed by atoms with Crippen LogP contribution in [-0.4, -0.2) is 4.98 Å². The minimum absolute atomic E-state index is 0.308. The lowest BCUT2D eigenvalue weighted by Crippen LogP contribution is -2.21. The zero-order valence-electron chi connectivity index (χ0n) is 28.9. The van der Waals surface area contributed by atoms with Crippen LogP contribution in [0.25, 0.3) is 60.5 Å². The summed E-state index contributed by atoms with van der Waals surface area (Å²) in [6.07, 6.45) is 29.0. The maximum absolute atomic E-state index is 4.36. The van der Waals surface area contributed by atoms with Crippen molar-refractivity contribution in [3.05, 3.63) is 198 Å². The van der Waals surface area contributed by atoms with E-state index in [0.29, 0.717) is 5.92 Å². The summed E-state index contributed by atoms with van der Waals surface area (Å²) in [6.45, 7) is 0. The highest BCUT2D eigenvalue weighted by molar-refractivity contribution is 6.19. The molecule has 0 saturated carbocycles. The van der Waals surface area contributed by atoms with Crippen LogP contribution in [0.4, 0.5) is 5.69 Å². The molecule has 0 saturated heterocycles. The van der Waals surface area contributed by atoms with Crippen molar-refractivity contribution in [2.45, 2.75) is 31.6 Å². The Hall–Kier alpha value is -6.25. The van der Waals surface area contributed by atoms with Crippen molar-refractivity contribution in [1.29, 1.82) is 0 Å². The van der Waals surface area contributed by atoms with Gasteiger partial charge in [-0.05, 0) is 133 Å². The molecule has 1 atom stereocenters.